The van der Waals surface area contributed by atoms with Crippen LogP contribution < -0.4 is 5.32 Å². The highest BCUT2D eigenvalue weighted by Crippen LogP contribution is 2.19. The summed E-state index contributed by atoms with van der Waals surface area (Å²) in [5, 5.41) is 6.81. The van der Waals surface area contributed by atoms with E-state index in [1.165, 1.54) is 0 Å². The minimum Gasteiger partial charge on any atom is -0.355 e. The Morgan fingerprint density at radius 3 is 2.80 bits per heavy atom. The van der Waals surface area contributed by atoms with Crippen molar-refractivity contribution in [3.05, 3.63) is 35.7 Å². The number of benzene rings is 1. The van der Waals surface area contributed by atoms with Gasteiger partial charge in [0.25, 0.3) is 0 Å². The molecule has 1 aromatic carbocycles. The molecule has 2 rings (SSSR count). The van der Waals surface area contributed by atoms with Crippen molar-refractivity contribution in [3.8, 4) is 11.4 Å². The van der Waals surface area contributed by atoms with Crippen molar-refractivity contribution in [2.45, 2.75) is 27.2 Å². The van der Waals surface area contributed by atoms with Crippen molar-refractivity contribution in [2.24, 2.45) is 5.92 Å². The summed E-state index contributed by atoms with van der Waals surface area (Å²) in [6.07, 6.45) is 0.539. The van der Waals surface area contributed by atoms with Gasteiger partial charge in [-0.15, -0.1) is 0 Å². The molecule has 0 radical (unpaired) electrons. The van der Waals surface area contributed by atoms with Gasteiger partial charge in [-0.1, -0.05) is 43.3 Å². The highest BCUT2D eigenvalue weighted by molar-refractivity contribution is 5.77. The summed E-state index contributed by atoms with van der Waals surface area (Å²) < 4.78 is 5.20. The molecule has 0 atom stereocenters. The van der Waals surface area contributed by atoms with E-state index in [0.717, 1.165) is 11.1 Å². The molecular weight excluding hydrogens is 254 g/mol. The fourth-order valence-corrected chi connectivity index (χ4v) is 1.79. The molecule has 0 bridgehead atoms. The number of nitrogens with zero attached hydrogens (tertiary/aromatic N) is 2. The quantitative estimate of drug-likeness (QED) is 0.908. The first kappa shape index (κ1) is 14.2. The van der Waals surface area contributed by atoms with Gasteiger partial charge in [0.1, 0.15) is 0 Å². The number of carbonyl (C=O) groups is 1. The van der Waals surface area contributed by atoms with Gasteiger partial charge in [-0.3, -0.25) is 4.79 Å². The molecule has 1 N–H and O–H groups in total. The van der Waals surface area contributed by atoms with Crippen molar-refractivity contribution < 1.29 is 9.32 Å². The van der Waals surface area contributed by atoms with Gasteiger partial charge in [-0.2, -0.15) is 4.98 Å². The van der Waals surface area contributed by atoms with Crippen molar-refractivity contribution in [2.75, 3.05) is 6.54 Å². The molecule has 5 nitrogen and oxygen atoms in total. The van der Waals surface area contributed by atoms with Crippen LogP contribution >= 0.6 is 0 Å². The number of hydrogen-bond acceptors (Lipinski definition) is 4. The van der Waals surface area contributed by atoms with Crippen molar-refractivity contribution in [1.82, 2.24) is 15.5 Å². The minimum absolute atomic E-state index is 0.0137. The van der Waals surface area contributed by atoms with Gasteiger partial charge in [0.15, 0.2) is 0 Å². The molecule has 2 aromatic rings. The third-order valence-corrected chi connectivity index (χ3v) is 3.02. The Morgan fingerprint density at radius 2 is 2.10 bits per heavy atom. The van der Waals surface area contributed by atoms with Crippen molar-refractivity contribution in [1.29, 1.82) is 0 Å². The summed E-state index contributed by atoms with van der Waals surface area (Å²) in [5.74, 6) is 1.14. The van der Waals surface area contributed by atoms with Crippen LogP contribution in [0.25, 0.3) is 11.4 Å². The van der Waals surface area contributed by atoms with E-state index in [1.807, 2.05) is 45.0 Å². The third kappa shape index (κ3) is 3.44. The number of aromatic nitrogens is 2. The molecule has 0 aliphatic heterocycles. The van der Waals surface area contributed by atoms with E-state index in [1.54, 1.807) is 0 Å². The molecule has 0 aliphatic rings. The van der Waals surface area contributed by atoms with Crippen LogP contribution in [0, 0.1) is 12.8 Å². The van der Waals surface area contributed by atoms with Gasteiger partial charge < -0.3 is 9.84 Å². The average Bonchev–Trinajstić information content (AvgIpc) is 2.87. The topological polar surface area (TPSA) is 68.0 Å². The fourth-order valence-electron chi connectivity index (χ4n) is 1.79. The largest absolute Gasteiger partial charge is 0.355 e. The summed E-state index contributed by atoms with van der Waals surface area (Å²) in [6.45, 7) is 6.23. The molecule has 0 unspecified atom stereocenters. The van der Waals surface area contributed by atoms with Gasteiger partial charge in [-0.05, 0) is 12.5 Å². The zero-order valence-electron chi connectivity index (χ0n) is 12.0. The van der Waals surface area contributed by atoms with E-state index < -0.39 is 0 Å². The molecule has 1 amide bonds. The maximum absolute atomic E-state index is 11.4. The second-order valence-corrected chi connectivity index (χ2v) is 5.02. The lowest BCUT2D eigenvalue weighted by molar-refractivity contribution is -0.123. The second-order valence-electron chi connectivity index (χ2n) is 5.02. The van der Waals surface area contributed by atoms with E-state index in [4.69, 9.17) is 4.52 Å². The normalized spacial score (nSPS) is 10.8. The highest BCUT2D eigenvalue weighted by Gasteiger charge is 2.11. The molecular formula is C15H19N3O2. The van der Waals surface area contributed by atoms with Crippen LogP contribution in [0.2, 0.25) is 0 Å². The Kier molecular flexibility index (Phi) is 4.50. The highest BCUT2D eigenvalue weighted by atomic mass is 16.5. The van der Waals surface area contributed by atoms with Gasteiger partial charge in [0.05, 0.1) is 0 Å². The van der Waals surface area contributed by atoms with Crippen molar-refractivity contribution in [3.63, 3.8) is 0 Å². The summed E-state index contributed by atoms with van der Waals surface area (Å²) in [7, 11) is 0. The predicted octanol–water partition coefficient (Wildman–Crippen LogP) is 2.36. The Morgan fingerprint density at radius 1 is 1.35 bits per heavy atom. The molecule has 0 fully saturated rings. The summed E-state index contributed by atoms with van der Waals surface area (Å²) >= 11 is 0. The van der Waals surface area contributed by atoms with Gasteiger partial charge >= 0.3 is 0 Å². The summed E-state index contributed by atoms with van der Waals surface area (Å²) in [5.41, 5.74) is 2.07. The smallest absolute Gasteiger partial charge is 0.228 e. The molecule has 106 valence electrons. The van der Waals surface area contributed by atoms with E-state index in [0.29, 0.717) is 24.7 Å². The number of nitrogens with one attached hydrogen (secondary N) is 1. The van der Waals surface area contributed by atoms with E-state index in [-0.39, 0.29) is 11.8 Å². The fraction of sp³-hybridized carbons (Fsp3) is 0.400. The van der Waals surface area contributed by atoms with Crippen LogP contribution in [0.4, 0.5) is 0 Å². The molecule has 0 aliphatic carbocycles. The molecule has 1 aromatic heterocycles. The summed E-state index contributed by atoms with van der Waals surface area (Å²) in [4.78, 5) is 15.8. The van der Waals surface area contributed by atoms with Gasteiger partial charge in [-0.25, -0.2) is 0 Å². The van der Waals surface area contributed by atoms with Crippen LogP contribution in [0.15, 0.2) is 28.8 Å². The second kappa shape index (κ2) is 6.32. The van der Waals surface area contributed by atoms with Crippen LogP contribution in [0.1, 0.15) is 25.3 Å². The van der Waals surface area contributed by atoms with Crippen molar-refractivity contribution >= 4 is 5.91 Å². The van der Waals surface area contributed by atoms with Crippen LogP contribution in [0.3, 0.4) is 0 Å². The number of carbonyl (C=O) groups excluding carboxylic acids is 1. The van der Waals surface area contributed by atoms with E-state index in [9.17, 15) is 4.79 Å². The van der Waals surface area contributed by atoms with Crippen LogP contribution in [-0.2, 0) is 11.2 Å². The minimum atomic E-state index is -0.0137. The lowest BCUT2D eigenvalue weighted by Crippen LogP contribution is -2.29. The van der Waals surface area contributed by atoms with Gasteiger partial charge in [0.2, 0.25) is 17.6 Å². The molecule has 1 heterocycles. The monoisotopic (exact) mass is 273 g/mol. The maximum atomic E-state index is 11.4. The first-order valence-electron chi connectivity index (χ1n) is 6.74. The number of hydrogen-bond donors (Lipinski definition) is 1. The standard InChI is InChI=1S/C15H19N3O2/c1-10(2)15(19)16-9-8-13-17-14(18-20-13)12-7-5-4-6-11(12)3/h4-7,10H,8-9H2,1-3H3,(H,16,19). The van der Waals surface area contributed by atoms with E-state index in [2.05, 4.69) is 15.5 Å². The SMILES string of the molecule is Cc1ccccc1-c1noc(CCNC(=O)C(C)C)n1. The van der Waals surface area contributed by atoms with Crippen LogP contribution in [-0.4, -0.2) is 22.6 Å². The van der Waals surface area contributed by atoms with Gasteiger partial charge in [0, 0.05) is 24.4 Å². The lowest BCUT2D eigenvalue weighted by atomic mass is 10.1. The molecule has 0 saturated carbocycles. The Bertz CT molecular complexity index is 590. The number of aryl methyl sites for hydroxylation is 1. The zero-order chi connectivity index (χ0) is 14.5. The number of rotatable bonds is 5. The Balaban J connectivity index is 1.96. The third-order valence-electron chi connectivity index (χ3n) is 3.02. The molecule has 20 heavy (non-hydrogen) atoms. The van der Waals surface area contributed by atoms with E-state index >= 15 is 0 Å². The Hall–Kier alpha value is -2.17. The van der Waals surface area contributed by atoms with Crippen LogP contribution in [0.5, 0.6) is 0 Å². The Labute approximate surface area is 118 Å². The molecule has 0 saturated heterocycles. The zero-order valence-corrected chi connectivity index (χ0v) is 12.0. The first-order chi connectivity index (χ1) is 9.58. The molecule has 5 heteroatoms. The maximum Gasteiger partial charge on any atom is 0.228 e. The average molecular weight is 273 g/mol. The first-order valence-corrected chi connectivity index (χ1v) is 6.74. The predicted molar refractivity (Wildman–Crippen MR) is 76.0 cm³/mol. The number of amides is 1. The molecule has 0 spiro atoms. The summed E-state index contributed by atoms with van der Waals surface area (Å²) in [6, 6.07) is 7.89. The lowest BCUT2D eigenvalue weighted by Gasteiger charge is -2.05.